The first-order chi connectivity index (χ1) is 13.7. The third-order valence-electron chi connectivity index (χ3n) is 7.44. The Morgan fingerprint density at radius 1 is 1.28 bits per heavy atom. The van der Waals surface area contributed by atoms with E-state index in [0.717, 1.165) is 49.4 Å². The first kappa shape index (κ1) is 20.0. The molecular formula is C23H29F2N3O. The van der Waals surface area contributed by atoms with Crippen LogP contribution < -0.4 is 5.32 Å². The van der Waals surface area contributed by atoms with E-state index >= 15 is 0 Å². The molecule has 1 N–H and O–H groups in total. The average Bonchev–Trinajstić information content (AvgIpc) is 3.21. The molecule has 1 saturated carbocycles. The van der Waals surface area contributed by atoms with E-state index in [9.17, 15) is 13.6 Å². The monoisotopic (exact) mass is 401 g/mol. The summed E-state index contributed by atoms with van der Waals surface area (Å²) in [5.74, 6) is -1.30. The van der Waals surface area contributed by atoms with Gasteiger partial charge in [-0.1, -0.05) is 40.5 Å². The highest BCUT2D eigenvalue weighted by Crippen LogP contribution is 2.68. The van der Waals surface area contributed by atoms with Gasteiger partial charge in [0.05, 0.1) is 5.69 Å². The topological polar surface area (TPSA) is 46.9 Å². The van der Waals surface area contributed by atoms with Crippen LogP contribution in [-0.4, -0.2) is 22.2 Å². The minimum Gasteiger partial charge on any atom is -0.351 e. The molecule has 1 aromatic carbocycles. The number of fused-ring (bicyclic) bond motifs is 5. The third kappa shape index (κ3) is 2.82. The molecule has 1 amide bonds. The Kier molecular flexibility index (Phi) is 4.79. The molecule has 0 saturated heterocycles. The van der Waals surface area contributed by atoms with Gasteiger partial charge in [-0.15, -0.1) is 0 Å². The van der Waals surface area contributed by atoms with Crippen LogP contribution in [-0.2, 0) is 5.41 Å². The van der Waals surface area contributed by atoms with Gasteiger partial charge in [0.15, 0.2) is 11.5 Å². The highest BCUT2D eigenvalue weighted by molar-refractivity contribution is 5.95. The van der Waals surface area contributed by atoms with E-state index in [1.54, 1.807) is 4.68 Å². The summed E-state index contributed by atoms with van der Waals surface area (Å²) in [4.78, 5) is 13.0. The molecule has 156 valence electrons. The molecular weight excluding hydrogens is 372 g/mol. The molecule has 6 heteroatoms. The van der Waals surface area contributed by atoms with Crippen molar-refractivity contribution in [3.63, 3.8) is 0 Å². The number of aromatic nitrogens is 2. The highest BCUT2D eigenvalue weighted by atomic mass is 19.1. The number of rotatable bonds is 6. The van der Waals surface area contributed by atoms with Gasteiger partial charge < -0.3 is 5.32 Å². The van der Waals surface area contributed by atoms with Crippen molar-refractivity contribution < 1.29 is 13.6 Å². The zero-order valence-corrected chi connectivity index (χ0v) is 17.6. The van der Waals surface area contributed by atoms with Crippen LogP contribution in [0.15, 0.2) is 18.2 Å². The number of nitrogens with one attached hydrogen (secondary N) is 1. The zero-order valence-electron chi connectivity index (χ0n) is 17.6. The van der Waals surface area contributed by atoms with Crippen molar-refractivity contribution >= 4 is 5.91 Å². The van der Waals surface area contributed by atoms with Crippen molar-refractivity contribution in [2.75, 3.05) is 6.54 Å². The number of nitrogens with zero attached hydrogens (tertiary/aromatic N) is 2. The predicted octanol–water partition coefficient (Wildman–Crippen LogP) is 5.25. The lowest BCUT2D eigenvalue weighted by atomic mass is 9.70. The fourth-order valence-corrected chi connectivity index (χ4v) is 5.38. The van der Waals surface area contributed by atoms with Crippen LogP contribution in [0.3, 0.4) is 0 Å². The van der Waals surface area contributed by atoms with Gasteiger partial charge in [0.2, 0.25) is 0 Å². The standard InChI is InChI=1S/C23H29F2N3O/c1-5-6-7-12-26-21(29)19-18-15-10-11-23(4,22(15,2)3)20(18)28(27-19)17-9-8-14(24)13-16(17)25/h8-9,13,15H,5-7,10-12H2,1-4H3,(H,26,29). The number of benzene rings is 1. The fraction of sp³-hybridized carbons (Fsp3) is 0.565. The molecule has 2 unspecified atom stereocenters. The second-order valence-corrected chi connectivity index (χ2v) is 9.23. The molecule has 29 heavy (non-hydrogen) atoms. The minimum atomic E-state index is -0.672. The SMILES string of the molecule is CCCCCNC(=O)c1nn(-c2ccc(F)cc2F)c2c1C1CCC2(C)C1(C)C. The molecule has 1 fully saturated rings. The first-order valence-electron chi connectivity index (χ1n) is 10.6. The smallest absolute Gasteiger partial charge is 0.272 e. The highest BCUT2D eigenvalue weighted by Gasteiger charge is 2.63. The lowest BCUT2D eigenvalue weighted by Gasteiger charge is -2.35. The van der Waals surface area contributed by atoms with Gasteiger partial charge in [0.1, 0.15) is 11.5 Å². The number of halogens is 2. The molecule has 2 atom stereocenters. The van der Waals surface area contributed by atoms with E-state index in [0.29, 0.717) is 12.2 Å². The van der Waals surface area contributed by atoms with Crippen molar-refractivity contribution in [3.8, 4) is 5.69 Å². The van der Waals surface area contributed by atoms with Crippen LogP contribution in [0, 0.1) is 17.0 Å². The Morgan fingerprint density at radius 3 is 2.72 bits per heavy atom. The largest absolute Gasteiger partial charge is 0.351 e. The normalized spacial score (nSPS) is 24.0. The number of carbonyl (C=O) groups excluding carboxylic acids is 1. The zero-order chi connectivity index (χ0) is 21.0. The van der Waals surface area contributed by atoms with Crippen LogP contribution in [0.1, 0.15) is 87.5 Å². The van der Waals surface area contributed by atoms with Crippen molar-refractivity contribution in [1.82, 2.24) is 15.1 Å². The van der Waals surface area contributed by atoms with E-state index < -0.39 is 11.6 Å². The van der Waals surface area contributed by atoms with E-state index in [4.69, 9.17) is 0 Å². The fourth-order valence-electron chi connectivity index (χ4n) is 5.38. The second-order valence-electron chi connectivity index (χ2n) is 9.23. The van der Waals surface area contributed by atoms with Crippen LogP contribution in [0.2, 0.25) is 0 Å². The van der Waals surface area contributed by atoms with Crippen molar-refractivity contribution in [1.29, 1.82) is 0 Å². The Balaban J connectivity index is 1.83. The number of amides is 1. The lowest BCUT2D eigenvalue weighted by molar-refractivity contribution is 0.0945. The third-order valence-corrected chi connectivity index (χ3v) is 7.44. The van der Waals surface area contributed by atoms with Crippen LogP contribution in [0.5, 0.6) is 0 Å². The van der Waals surface area contributed by atoms with Gasteiger partial charge in [-0.2, -0.15) is 5.10 Å². The molecule has 4 nitrogen and oxygen atoms in total. The molecule has 0 spiro atoms. The summed E-state index contributed by atoms with van der Waals surface area (Å²) >= 11 is 0. The van der Waals surface area contributed by atoms with E-state index in [2.05, 4.69) is 38.1 Å². The molecule has 2 aliphatic rings. The van der Waals surface area contributed by atoms with Gasteiger partial charge in [-0.25, -0.2) is 13.5 Å². The second kappa shape index (κ2) is 6.92. The number of carbonyl (C=O) groups is 1. The summed E-state index contributed by atoms with van der Waals surface area (Å²) in [5, 5.41) is 7.57. The summed E-state index contributed by atoms with van der Waals surface area (Å²) in [6, 6.07) is 3.51. The lowest BCUT2D eigenvalue weighted by Crippen LogP contribution is -2.34. The minimum absolute atomic E-state index is 0.0594. The quantitative estimate of drug-likeness (QED) is 0.673. The van der Waals surface area contributed by atoms with Gasteiger partial charge in [-0.3, -0.25) is 4.79 Å². The summed E-state index contributed by atoms with van der Waals surface area (Å²) in [5.41, 5.74) is 2.15. The van der Waals surface area contributed by atoms with Crippen molar-refractivity contribution in [3.05, 3.63) is 46.8 Å². The summed E-state index contributed by atoms with van der Waals surface area (Å²) in [6.45, 7) is 9.34. The van der Waals surface area contributed by atoms with E-state index in [1.165, 1.54) is 12.1 Å². The molecule has 0 radical (unpaired) electrons. The molecule has 2 bridgehead atoms. The first-order valence-corrected chi connectivity index (χ1v) is 10.6. The van der Waals surface area contributed by atoms with E-state index in [-0.39, 0.29) is 28.3 Å². The van der Waals surface area contributed by atoms with Gasteiger partial charge in [0, 0.05) is 23.6 Å². The summed E-state index contributed by atoms with van der Waals surface area (Å²) in [6.07, 6.45) is 5.01. The predicted molar refractivity (Wildman–Crippen MR) is 108 cm³/mol. The number of hydrogen-bond donors (Lipinski definition) is 1. The van der Waals surface area contributed by atoms with Crippen molar-refractivity contribution in [2.45, 2.75) is 71.1 Å². The Morgan fingerprint density at radius 2 is 2.03 bits per heavy atom. The van der Waals surface area contributed by atoms with Crippen LogP contribution in [0.25, 0.3) is 5.69 Å². The maximum absolute atomic E-state index is 14.7. The maximum Gasteiger partial charge on any atom is 0.272 e. The van der Waals surface area contributed by atoms with Crippen LogP contribution in [0.4, 0.5) is 8.78 Å². The molecule has 1 heterocycles. The Labute approximate surface area is 170 Å². The molecule has 2 aromatic rings. The van der Waals surface area contributed by atoms with Crippen molar-refractivity contribution in [2.24, 2.45) is 5.41 Å². The van der Waals surface area contributed by atoms with Gasteiger partial charge >= 0.3 is 0 Å². The molecule has 1 aromatic heterocycles. The Bertz CT molecular complexity index is 965. The number of hydrogen-bond acceptors (Lipinski definition) is 2. The van der Waals surface area contributed by atoms with Gasteiger partial charge in [0.25, 0.3) is 5.91 Å². The Hall–Kier alpha value is -2.24. The maximum atomic E-state index is 14.7. The average molecular weight is 402 g/mol. The molecule has 2 aliphatic carbocycles. The summed E-state index contributed by atoms with van der Waals surface area (Å²) < 4.78 is 29.7. The number of unbranched alkanes of at least 4 members (excludes halogenated alkanes) is 2. The van der Waals surface area contributed by atoms with Crippen LogP contribution >= 0.6 is 0 Å². The molecule has 0 aliphatic heterocycles. The molecule has 4 rings (SSSR count). The van der Waals surface area contributed by atoms with Gasteiger partial charge in [-0.05, 0) is 42.7 Å². The van der Waals surface area contributed by atoms with E-state index in [1.807, 2.05) is 0 Å². The summed E-state index contributed by atoms with van der Waals surface area (Å²) in [7, 11) is 0.